The number of aliphatic hydroxyl groups is 1. The van der Waals surface area contributed by atoms with Crippen molar-refractivity contribution in [3.05, 3.63) is 33.9 Å². The summed E-state index contributed by atoms with van der Waals surface area (Å²) in [5.41, 5.74) is -1.03. The van der Waals surface area contributed by atoms with Crippen LogP contribution in [-0.2, 0) is 0 Å². The molecule has 0 radical (unpaired) electrons. The first-order valence-corrected chi connectivity index (χ1v) is 3.87. The minimum absolute atomic E-state index is 0.311. The van der Waals surface area contributed by atoms with Gasteiger partial charge in [-0.2, -0.15) is 0 Å². The van der Waals surface area contributed by atoms with Crippen LogP contribution in [0, 0.1) is 10.1 Å². The van der Waals surface area contributed by atoms with E-state index in [0.717, 1.165) is 12.1 Å². The summed E-state index contributed by atoms with van der Waals surface area (Å²) in [7, 11) is 0. The molecule has 0 spiro atoms. The molecule has 1 aromatic carbocycles. The second kappa shape index (κ2) is 4.18. The van der Waals surface area contributed by atoms with Crippen LogP contribution in [0.5, 0.6) is 5.75 Å². The van der Waals surface area contributed by atoms with Gasteiger partial charge in [0.25, 0.3) is 6.43 Å². The van der Waals surface area contributed by atoms with Crippen molar-refractivity contribution in [3.63, 3.8) is 0 Å². The molecular formula is C8H7F2NO4. The Balaban J connectivity index is 3.13. The van der Waals surface area contributed by atoms with Crippen LogP contribution in [-0.4, -0.2) is 21.6 Å². The van der Waals surface area contributed by atoms with Gasteiger partial charge in [-0.1, -0.05) is 6.07 Å². The van der Waals surface area contributed by atoms with Gasteiger partial charge < -0.3 is 10.2 Å². The molecule has 5 nitrogen and oxygen atoms in total. The fourth-order valence-corrected chi connectivity index (χ4v) is 1.02. The van der Waals surface area contributed by atoms with Gasteiger partial charge in [-0.15, -0.1) is 0 Å². The molecule has 0 aliphatic carbocycles. The van der Waals surface area contributed by atoms with E-state index in [1.807, 2.05) is 0 Å². The summed E-state index contributed by atoms with van der Waals surface area (Å²) < 4.78 is 24.1. The third-order valence-corrected chi connectivity index (χ3v) is 1.78. The Morgan fingerprint density at radius 1 is 1.40 bits per heavy atom. The van der Waals surface area contributed by atoms with Crippen LogP contribution in [0.4, 0.5) is 14.5 Å². The monoisotopic (exact) mass is 219 g/mol. The largest absolute Gasteiger partial charge is 0.502 e. The lowest BCUT2D eigenvalue weighted by molar-refractivity contribution is -0.386. The van der Waals surface area contributed by atoms with Crippen molar-refractivity contribution < 1.29 is 23.9 Å². The molecule has 0 saturated carbocycles. The number of aromatic hydroxyl groups is 1. The maximum atomic E-state index is 12.1. The molecule has 0 amide bonds. The lowest BCUT2D eigenvalue weighted by Crippen LogP contribution is -2.08. The molecule has 2 N–H and O–H groups in total. The number of phenolic OH excluding ortho intramolecular Hbond substituents is 1. The molecule has 0 heterocycles. The molecule has 0 aromatic heterocycles. The standard InChI is InChI=1S/C8H7F2NO4/c9-8(10)7(13)4-1-2-6(12)5(3-4)11(14)15/h1-3,7-8,12-13H. The maximum Gasteiger partial charge on any atom is 0.311 e. The van der Waals surface area contributed by atoms with Crippen LogP contribution in [0.15, 0.2) is 18.2 Å². The Morgan fingerprint density at radius 3 is 2.47 bits per heavy atom. The summed E-state index contributed by atoms with van der Waals surface area (Å²) in [5.74, 6) is -0.634. The summed E-state index contributed by atoms with van der Waals surface area (Å²) in [6, 6.07) is 2.60. The second-order valence-corrected chi connectivity index (χ2v) is 2.78. The molecule has 0 aliphatic heterocycles. The first kappa shape index (κ1) is 11.3. The Labute approximate surface area is 82.7 Å². The van der Waals surface area contributed by atoms with Gasteiger partial charge in [-0.05, 0) is 11.6 Å². The highest BCUT2D eigenvalue weighted by Gasteiger charge is 2.23. The second-order valence-electron chi connectivity index (χ2n) is 2.78. The number of phenols is 1. The first-order valence-electron chi connectivity index (χ1n) is 3.87. The van der Waals surface area contributed by atoms with Gasteiger partial charge >= 0.3 is 5.69 Å². The van der Waals surface area contributed by atoms with E-state index in [-0.39, 0.29) is 5.56 Å². The highest BCUT2D eigenvalue weighted by molar-refractivity contribution is 5.48. The molecule has 1 atom stereocenters. The number of hydrogen-bond donors (Lipinski definition) is 2. The smallest absolute Gasteiger partial charge is 0.311 e. The molecule has 1 aromatic rings. The van der Waals surface area contributed by atoms with Crippen molar-refractivity contribution in [2.45, 2.75) is 12.5 Å². The fourth-order valence-electron chi connectivity index (χ4n) is 1.02. The molecule has 0 fully saturated rings. The van der Waals surface area contributed by atoms with E-state index in [0.29, 0.717) is 6.07 Å². The first-order chi connectivity index (χ1) is 6.93. The van der Waals surface area contributed by atoms with Gasteiger partial charge in [0.2, 0.25) is 0 Å². The van der Waals surface area contributed by atoms with E-state index >= 15 is 0 Å². The van der Waals surface area contributed by atoms with Crippen molar-refractivity contribution in [1.29, 1.82) is 0 Å². The summed E-state index contributed by atoms with van der Waals surface area (Å²) >= 11 is 0. The number of alkyl halides is 2. The number of rotatable bonds is 3. The summed E-state index contributed by atoms with van der Waals surface area (Å²) in [6.45, 7) is 0. The lowest BCUT2D eigenvalue weighted by atomic mass is 10.1. The van der Waals surface area contributed by atoms with Crippen LogP contribution < -0.4 is 0 Å². The normalized spacial score (nSPS) is 12.8. The zero-order chi connectivity index (χ0) is 11.6. The summed E-state index contributed by atoms with van der Waals surface area (Å²) in [6.07, 6.45) is -5.13. The van der Waals surface area contributed by atoms with Crippen LogP contribution in [0.1, 0.15) is 11.7 Å². The highest BCUT2D eigenvalue weighted by atomic mass is 19.3. The van der Waals surface area contributed by atoms with E-state index < -0.39 is 28.9 Å². The number of nitro benzene ring substituents is 1. The van der Waals surface area contributed by atoms with E-state index in [2.05, 4.69) is 0 Å². The van der Waals surface area contributed by atoms with Crippen LogP contribution in [0.2, 0.25) is 0 Å². The Kier molecular flexibility index (Phi) is 3.15. The molecule has 0 saturated heterocycles. The SMILES string of the molecule is O=[N+]([O-])c1cc(C(O)C(F)F)ccc1O. The Morgan fingerprint density at radius 2 is 2.00 bits per heavy atom. The molecule has 82 valence electrons. The van der Waals surface area contributed by atoms with Gasteiger partial charge in [0.15, 0.2) is 5.75 Å². The van der Waals surface area contributed by atoms with Crippen LogP contribution in [0.3, 0.4) is 0 Å². The van der Waals surface area contributed by atoms with E-state index in [4.69, 9.17) is 10.2 Å². The number of halogens is 2. The average molecular weight is 219 g/mol. The van der Waals surface area contributed by atoms with Gasteiger partial charge in [0.1, 0.15) is 6.10 Å². The van der Waals surface area contributed by atoms with Crippen molar-refractivity contribution >= 4 is 5.69 Å². The predicted molar refractivity (Wildman–Crippen MR) is 45.7 cm³/mol. The number of hydrogen-bond acceptors (Lipinski definition) is 4. The quantitative estimate of drug-likeness (QED) is 0.597. The van der Waals surface area contributed by atoms with Gasteiger partial charge in [0, 0.05) is 6.07 Å². The molecule has 7 heteroatoms. The van der Waals surface area contributed by atoms with Crippen molar-refractivity contribution in [3.8, 4) is 5.75 Å². The number of nitro groups is 1. The average Bonchev–Trinajstić information content (AvgIpc) is 2.16. The molecule has 1 rings (SSSR count). The molecular weight excluding hydrogens is 212 g/mol. The predicted octanol–water partition coefficient (Wildman–Crippen LogP) is 1.60. The molecule has 0 aliphatic rings. The zero-order valence-corrected chi connectivity index (χ0v) is 7.30. The number of benzene rings is 1. The van der Waals surface area contributed by atoms with Crippen molar-refractivity contribution in [2.24, 2.45) is 0 Å². The van der Waals surface area contributed by atoms with E-state index in [9.17, 15) is 18.9 Å². The Bertz CT molecular complexity index is 383. The summed E-state index contributed by atoms with van der Waals surface area (Å²) in [4.78, 5) is 9.42. The van der Waals surface area contributed by atoms with E-state index in [1.165, 1.54) is 0 Å². The highest BCUT2D eigenvalue weighted by Crippen LogP contribution is 2.30. The lowest BCUT2D eigenvalue weighted by Gasteiger charge is -2.09. The molecule has 1 unspecified atom stereocenters. The van der Waals surface area contributed by atoms with Gasteiger partial charge in [0.05, 0.1) is 4.92 Å². The topological polar surface area (TPSA) is 83.6 Å². The van der Waals surface area contributed by atoms with Crippen LogP contribution in [0.25, 0.3) is 0 Å². The third kappa shape index (κ3) is 2.38. The Hall–Kier alpha value is -1.76. The van der Waals surface area contributed by atoms with Crippen molar-refractivity contribution in [2.75, 3.05) is 0 Å². The third-order valence-electron chi connectivity index (χ3n) is 1.78. The molecule has 0 bridgehead atoms. The summed E-state index contributed by atoms with van der Waals surface area (Å²) in [5, 5.41) is 28.3. The van der Waals surface area contributed by atoms with E-state index in [1.54, 1.807) is 0 Å². The minimum atomic E-state index is -3.03. The maximum absolute atomic E-state index is 12.1. The fraction of sp³-hybridized carbons (Fsp3) is 0.250. The van der Waals surface area contributed by atoms with Crippen molar-refractivity contribution in [1.82, 2.24) is 0 Å². The van der Waals surface area contributed by atoms with Gasteiger partial charge in [-0.3, -0.25) is 10.1 Å². The number of nitrogens with zero attached hydrogens (tertiary/aromatic N) is 1. The molecule has 15 heavy (non-hydrogen) atoms. The minimum Gasteiger partial charge on any atom is -0.502 e. The number of aliphatic hydroxyl groups excluding tert-OH is 1. The zero-order valence-electron chi connectivity index (χ0n) is 7.30. The van der Waals surface area contributed by atoms with Gasteiger partial charge in [-0.25, -0.2) is 8.78 Å². The van der Waals surface area contributed by atoms with Crippen LogP contribution >= 0.6 is 0 Å².